The largest absolute Gasteiger partial charge is 0.494 e. The fourth-order valence-corrected chi connectivity index (χ4v) is 11.1. The molecule has 8 nitrogen and oxygen atoms in total. The molecular weight excluding hydrogens is 1280 g/mol. The van der Waals surface area contributed by atoms with Crippen LogP contribution in [0.5, 0.6) is 0 Å². The normalized spacial score (nSPS) is 13.0. The molecular formula is C72H56BBr2IN6O2. The predicted octanol–water partition coefficient (Wildman–Crippen LogP) is 18.9. The van der Waals surface area contributed by atoms with Crippen molar-refractivity contribution in [1.82, 2.24) is 29.9 Å². The van der Waals surface area contributed by atoms with E-state index in [1.807, 2.05) is 133 Å². The van der Waals surface area contributed by atoms with Crippen LogP contribution in [0.2, 0.25) is 0 Å². The Kier molecular flexibility index (Phi) is 18.0. The van der Waals surface area contributed by atoms with E-state index >= 15 is 0 Å². The summed E-state index contributed by atoms with van der Waals surface area (Å²) in [6, 6.07) is 90.4. The average molecular weight is 1330 g/mol. The second-order valence-electron chi connectivity index (χ2n) is 21.0. The molecule has 0 atom stereocenters. The number of benzene rings is 10. The molecule has 1 fully saturated rings. The standard InChI is InChI=1S/C33H30BN3O2.C33H22BrN3.C6H4BrI/c1-32(2)33(3,4)39-34(38-32)28-21-19-27(20-22-28)31-36-29(25-13-9-6-10-14-25)35-30(37-31)26-17-15-24(16-18-26)23-11-7-5-8-12-23;34-30-13-7-12-29(22-30)25-16-20-28(21-17-25)33-36-31(26-10-5-2-6-11-26)35-32(37-33)27-18-14-24(15-19-27)23-8-3-1-4-9-23;7-5-2-1-3-6(8)4-5/h5-22H,1-4H3;1-22H;1-4H. The highest BCUT2D eigenvalue weighted by atomic mass is 127. The van der Waals surface area contributed by atoms with Crippen LogP contribution >= 0.6 is 54.5 Å². The molecule has 10 aromatic carbocycles. The van der Waals surface area contributed by atoms with Crippen molar-refractivity contribution >= 4 is 67.0 Å². The van der Waals surface area contributed by atoms with Crippen molar-refractivity contribution < 1.29 is 9.31 Å². The van der Waals surface area contributed by atoms with Crippen LogP contribution < -0.4 is 5.46 Å². The highest BCUT2D eigenvalue weighted by Gasteiger charge is 2.51. The summed E-state index contributed by atoms with van der Waals surface area (Å²) in [6.07, 6.45) is 0. The van der Waals surface area contributed by atoms with Gasteiger partial charge in [0.15, 0.2) is 34.9 Å². The quantitative estimate of drug-likeness (QED) is 0.0987. The molecule has 84 heavy (non-hydrogen) atoms. The Morgan fingerprint density at radius 1 is 0.286 bits per heavy atom. The zero-order valence-corrected chi connectivity index (χ0v) is 51.9. The number of hydrogen-bond acceptors (Lipinski definition) is 8. The van der Waals surface area contributed by atoms with Gasteiger partial charge in [-0.2, -0.15) is 0 Å². The third-order valence-corrected chi connectivity index (χ3v) is 16.3. The van der Waals surface area contributed by atoms with Crippen LogP contribution in [0.1, 0.15) is 27.7 Å². The SMILES string of the molecule is Brc1cccc(-c2ccc(-c3nc(-c4ccccc4)nc(-c4ccc(-c5ccccc5)cc4)n3)cc2)c1.Brc1cccc(I)c1.CC1(C)OB(c2ccc(-c3nc(-c4ccccc4)nc(-c4ccc(-c5ccccc5)cc4)n3)cc2)OC1(C)C. The molecule has 13 rings (SSSR count). The van der Waals surface area contributed by atoms with E-state index in [0.717, 1.165) is 70.0 Å². The summed E-state index contributed by atoms with van der Waals surface area (Å²) >= 11 is 9.19. The summed E-state index contributed by atoms with van der Waals surface area (Å²) in [4.78, 5) is 29.2. The average Bonchev–Trinajstić information content (AvgIpc) is 3.68. The van der Waals surface area contributed by atoms with E-state index in [1.54, 1.807) is 0 Å². The lowest BCUT2D eigenvalue weighted by Gasteiger charge is -2.32. The van der Waals surface area contributed by atoms with Crippen molar-refractivity contribution in [3.8, 4) is 102 Å². The van der Waals surface area contributed by atoms with Crippen LogP contribution in [0.4, 0.5) is 0 Å². The third-order valence-electron chi connectivity index (χ3n) is 14.6. The molecule has 12 heteroatoms. The van der Waals surface area contributed by atoms with Gasteiger partial charge in [-0.25, -0.2) is 29.9 Å². The Morgan fingerprint density at radius 2 is 0.536 bits per heavy atom. The molecule has 3 heterocycles. The third kappa shape index (κ3) is 14.1. The molecule has 0 N–H and O–H groups in total. The Bertz CT molecular complexity index is 4120. The van der Waals surface area contributed by atoms with Crippen molar-refractivity contribution in [3.63, 3.8) is 0 Å². The van der Waals surface area contributed by atoms with Crippen molar-refractivity contribution in [2.24, 2.45) is 0 Å². The molecule has 1 aliphatic rings. The van der Waals surface area contributed by atoms with E-state index in [2.05, 4.69) is 216 Å². The smallest absolute Gasteiger partial charge is 0.399 e. The van der Waals surface area contributed by atoms with E-state index in [1.165, 1.54) is 14.7 Å². The van der Waals surface area contributed by atoms with Crippen LogP contribution in [0.15, 0.2) is 276 Å². The Balaban J connectivity index is 0.000000155. The lowest BCUT2D eigenvalue weighted by Crippen LogP contribution is -2.41. The maximum atomic E-state index is 6.23. The van der Waals surface area contributed by atoms with Crippen LogP contribution in [0, 0.1) is 3.57 Å². The van der Waals surface area contributed by atoms with Gasteiger partial charge in [-0.15, -0.1) is 0 Å². The van der Waals surface area contributed by atoms with Crippen LogP contribution in [-0.4, -0.2) is 48.2 Å². The molecule has 0 amide bonds. The van der Waals surface area contributed by atoms with E-state index in [4.69, 9.17) is 39.2 Å². The minimum atomic E-state index is -0.416. The summed E-state index contributed by atoms with van der Waals surface area (Å²) < 4.78 is 15.9. The summed E-state index contributed by atoms with van der Waals surface area (Å²) in [5.74, 6) is 3.85. The topological polar surface area (TPSA) is 95.8 Å². The Labute approximate surface area is 522 Å². The van der Waals surface area contributed by atoms with E-state index in [9.17, 15) is 0 Å². The van der Waals surface area contributed by atoms with Crippen molar-refractivity contribution in [2.45, 2.75) is 38.9 Å². The monoisotopic (exact) mass is 1330 g/mol. The minimum absolute atomic E-state index is 0.389. The maximum absolute atomic E-state index is 6.23. The first kappa shape index (κ1) is 57.7. The predicted molar refractivity (Wildman–Crippen MR) is 359 cm³/mol. The van der Waals surface area contributed by atoms with Crippen LogP contribution in [0.25, 0.3) is 102 Å². The van der Waals surface area contributed by atoms with Gasteiger partial charge < -0.3 is 9.31 Å². The lowest BCUT2D eigenvalue weighted by atomic mass is 9.79. The fourth-order valence-electron chi connectivity index (χ4n) is 9.29. The van der Waals surface area contributed by atoms with Gasteiger partial charge in [0.1, 0.15) is 0 Å². The van der Waals surface area contributed by atoms with Crippen LogP contribution in [0.3, 0.4) is 0 Å². The van der Waals surface area contributed by atoms with E-state index in [0.29, 0.717) is 34.9 Å². The first-order valence-corrected chi connectivity index (χ1v) is 30.2. The number of halogens is 3. The Morgan fingerprint density at radius 3 is 0.845 bits per heavy atom. The van der Waals surface area contributed by atoms with Crippen molar-refractivity contribution in [2.75, 3.05) is 0 Å². The van der Waals surface area contributed by atoms with Gasteiger partial charge in [0, 0.05) is 45.9 Å². The number of rotatable bonds is 10. The van der Waals surface area contributed by atoms with Gasteiger partial charge in [-0.1, -0.05) is 268 Å². The number of hydrogen-bond donors (Lipinski definition) is 0. The summed E-state index contributed by atoms with van der Waals surface area (Å²) in [7, 11) is -0.416. The van der Waals surface area contributed by atoms with Gasteiger partial charge in [-0.05, 0) is 119 Å². The molecule has 1 aliphatic heterocycles. The van der Waals surface area contributed by atoms with E-state index in [-0.39, 0.29) is 11.2 Å². The van der Waals surface area contributed by atoms with E-state index < -0.39 is 7.12 Å². The molecule has 0 radical (unpaired) electrons. The second-order valence-corrected chi connectivity index (χ2v) is 24.0. The zero-order valence-electron chi connectivity index (χ0n) is 46.6. The summed E-state index contributed by atoms with van der Waals surface area (Å²) in [6.45, 7) is 8.24. The molecule has 2 aromatic heterocycles. The molecule has 0 spiro atoms. The summed E-state index contributed by atoms with van der Waals surface area (Å²) in [5.41, 5.74) is 12.8. The highest BCUT2D eigenvalue weighted by Crippen LogP contribution is 2.37. The fraction of sp³-hybridized carbons (Fsp3) is 0.0833. The molecule has 410 valence electrons. The highest BCUT2D eigenvalue weighted by molar-refractivity contribution is 14.1. The summed E-state index contributed by atoms with van der Waals surface area (Å²) in [5, 5.41) is 0. The molecule has 0 saturated carbocycles. The van der Waals surface area contributed by atoms with Gasteiger partial charge in [0.25, 0.3) is 0 Å². The zero-order chi connectivity index (χ0) is 58.0. The number of aromatic nitrogens is 6. The van der Waals surface area contributed by atoms with Crippen molar-refractivity contribution in [1.29, 1.82) is 0 Å². The molecule has 0 unspecified atom stereocenters. The molecule has 12 aromatic rings. The van der Waals surface area contributed by atoms with Crippen molar-refractivity contribution in [3.05, 3.63) is 279 Å². The van der Waals surface area contributed by atoms with Gasteiger partial charge in [0.2, 0.25) is 0 Å². The first-order valence-electron chi connectivity index (χ1n) is 27.5. The van der Waals surface area contributed by atoms with Gasteiger partial charge in [-0.3, -0.25) is 0 Å². The molecule has 0 aliphatic carbocycles. The lowest BCUT2D eigenvalue weighted by molar-refractivity contribution is 0.00578. The first-order chi connectivity index (χ1) is 40.8. The number of nitrogens with zero attached hydrogens (tertiary/aromatic N) is 6. The molecule has 0 bridgehead atoms. The molecule has 1 saturated heterocycles. The van der Waals surface area contributed by atoms with Gasteiger partial charge in [0.05, 0.1) is 11.2 Å². The second kappa shape index (κ2) is 26.2. The van der Waals surface area contributed by atoms with Gasteiger partial charge >= 0.3 is 7.12 Å². The Hall–Kier alpha value is -8.11. The maximum Gasteiger partial charge on any atom is 0.494 e. The minimum Gasteiger partial charge on any atom is -0.399 e. The van der Waals surface area contributed by atoms with Crippen LogP contribution in [-0.2, 0) is 9.31 Å².